The molecule has 0 aliphatic heterocycles. The van der Waals surface area contributed by atoms with Gasteiger partial charge in [-0.05, 0) is 43.2 Å². The van der Waals surface area contributed by atoms with Crippen LogP contribution in [0.15, 0.2) is 71.6 Å². The van der Waals surface area contributed by atoms with E-state index in [1.54, 1.807) is 42.5 Å². The van der Waals surface area contributed by atoms with Crippen LogP contribution in [0, 0.1) is 11.8 Å². The van der Waals surface area contributed by atoms with Crippen molar-refractivity contribution in [3.63, 3.8) is 0 Å². The van der Waals surface area contributed by atoms with Gasteiger partial charge in [0.1, 0.15) is 10.6 Å². The minimum Gasteiger partial charge on any atom is -0.507 e. The lowest BCUT2D eigenvalue weighted by atomic mass is 9.91. The number of nitrogens with one attached hydrogen (secondary N) is 1. The lowest BCUT2D eigenvalue weighted by Gasteiger charge is -2.19. The topological polar surface area (TPSA) is 139 Å². The molecule has 0 aromatic heterocycles. The summed E-state index contributed by atoms with van der Waals surface area (Å²) >= 11 is 0. The molecule has 4 rings (SSSR count). The zero-order chi connectivity index (χ0) is 26.2. The Morgan fingerprint density at radius 3 is 2.36 bits per heavy atom. The molecule has 0 amide bonds. The molecular formula is C27H27N4O4S+. The molecule has 0 atom stereocenters. The van der Waals surface area contributed by atoms with Crippen molar-refractivity contribution in [1.29, 1.82) is 0 Å². The van der Waals surface area contributed by atoms with E-state index in [-0.39, 0.29) is 27.7 Å². The lowest BCUT2D eigenvalue weighted by Crippen LogP contribution is -2.16. The van der Waals surface area contributed by atoms with Crippen molar-refractivity contribution in [2.24, 2.45) is 0 Å². The number of rotatable bonds is 6. The first-order chi connectivity index (χ1) is 17.0. The smallest absolute Gasteiger partial charge is 0.264 e. The molecular weight excluding hydrogens is 476 g/mol. The molecule has 0 aliphatic carbocycles. The van der Waals surface area contributed by atoms with E-state index >= 15 is 0 Å². The van der Waals surface area contributed by atoms with Crippen LogP contribution in [0.1, 0.15) is 18.1 Å². The number of allylic oxidation sites excluding steroid dienone is 1. The van der Waals surface area contributed by atoms with E-state index < -0.39 is 10.0 Å². The Bertz CT molecular complexity index is 1660. The molecule has 0 unspecified atom stereocenters. The van der Waals surface area contributed by atoms with Crippen molar-refractivity contribution in [2.75, 3.05) is 23.2 Å². The Balaban J connectivity index is 1.99. The van der Waals surface area contributed by atoms with Gasteiger partial charge >= 0.3 is 0 Å². The van der Waals surface area contributed by atoms with Crippen LogP contribution in [0.3, 0.4) is 0 Å². The molecule has 0 saturated carbocycles. The van der Waals surface area contributed by atoms with Crippen LogP contribution in [0.25, 0.3) is 28.0 Å². The second kappa shape index (κ2) is 9.35. The average molecular weight is 504 g/mol. The molecule has 36 heavy (non-hydrogen) atoms. The molecule has 0 heterocycles. The number of anilines is 3. The Morgan fingerprint density at radius 2 is 1.69 bits per heavy atom. The highest BCUT2D eigenvalue weighted by Gasteiger charge is 2.24. The van der Waals surface area contributed by atoms with Gasteiger partial charge in [0.2, 0.25) is 0 Å². The lowest BCUT2D eigenvalue weighted by molar-refractivity contribution is -0.428. The van der Waals surface area contributed by atoms with E-state index in [0.29, 0.717) is 32.3 Å². The summed E-state index contributed by atoms with van der Waals surface area (Å²) in [6.07, 6.45) is 3.73. The number of benzene rings is 4. The summed E-state index contributed by atoms with van der Waals surface area (Å²) in [7, 11) is -2.93. The number of hydrogen-bond donors (Lipinski definition) is 4. The Labute approximate surface area is 209 Å². The Morgan fingerprint density at radius 1 is 1.00 bits per heavy atom. The molecule has 184 valence electrons. The molecule has 0 radical (unpaired) electrons. The number of aryl methyl sites for hydroxylation is 1. The van der Waals surface area contributed by atoms with Gasteiger partial charge in [-0.1, -0.05) is 42.5 Å². The first-order valence-corrected chi connectivity index (χ1v) is 12.6. The molecule has 6 N–H and O–H groups in total. The zero-order valence-electron chi connectivity index (χ0n) is 20.1. The second-order valence-corrected chi connectivity index (χ2v) is 10.1. The van der Waals surface area contributed by atoms with Crippen LogP contribution in [0.5, 0.6) is 5.75 Å². The molecule has 0 spiro atoms. The predicted octanol–water partition coefficient (Wildman–Crippen LogP) is 5.56. The largest absolute Gasteiger partial charge is 0.507 e. The molecule has 0 fully saturated rings. The van der Waals surface area contributed by atoms with Crippen molar-refractivity contribution >= 4 is 49.6 Å². The quantitative estimate of drug-likeness (QED) is 0.201. The summed E-state index contributed by atoms with van der Waals surface area (Å²) < 4.78 is 30.1. The molecule has 0 bridgehead atoms. The maximum Gasteiger partial charge on any atom is 0.264 e. The van der Waals surface area contributed by atoms with Crippen molar-refractivity contribution < 1.29 is 18.3 Å². The molecule has 0 saturated heterocycles. The molecule has 4 aromatic carbocycles. The number of nitroso groups, excluding NO2 is 1. The van der Waals surface area contributed by atoms with Crippen LogP contribution in [0.4, 0.5) is 22.7 Å². The number of phenols is 1. The molecule has 9 heteroatoms. The first-order valence-electron chi connectivity index (χ1n) is 11.1. The van der Waals surface area contributed by atoms with Crippen LogP contribution in [-0.4, -0.2) is 25.3 Å². The maximum absolute atomic E-state index is 13.5. The maximum atomic E-state index is 13.5. The van der Waals surface area contributed by atoms with Gasteiger partial charge in [0.15, 0.2) is 7.05 Å². The van der Waals surface area contributed by atoms with Crippen molar-refractivity contribution in [3.05, 3.63) is 82.8 Å². The summed E-state index contributed by atoms with van der Waals surface area (Å²) in [6.45, 7) is 3.79. The normalized spacial score (nSPS) is 11.8. The number of fused-ring (bicyclic) bond motifs is 1. The third-order valence-electron chi connectivity index (χ3n) is 6.03. The van der Waals surface area contributed by atoms with Crippen LogP contribution < -0.4 is 16.2 Å². The van der Waals surface area contributed by atoms with Gasteiger partial charge in [0.25, 0.3) is 15.7 Å². The van der Waals surface area contributed by atoms with Crippen molar-refractivity contribution in [3.8, 4) is 16.9 Å². The summed E-state index contributed by atoms with van der Waals surface area (Å²) in [4.78, 5) is 11.5. The van der Waals surface area contributed by atoms with Crippen molar-refractivity contribution in [1.82, 2.24) is 0 Å². The van der Waals surface area contributed by atoms with E-state index in [0.717, 1.165) is 11.1 Å². The zero-order valence-corrected chi connectivity index (χ0v) is 20.9. The van der Waals surface area contributed by atoms with Gasteiger partial charge in [-0.2, -0.15) is 0 Å². The number of hydrogen-bond acceptors (Lipinski definition) is 6. The minimum atomic E-state index is -4.20. The van der Waals surface area contributed by atoms with Crippen LogP contribution >= 0.6 is 0 Å². The highest BCUT2D eigenvalue weighted by molar-refractivity contribution is 7.93. The third-order valence-corrected chi connectivity index (χ3v) is 7.45. The summed E-state index contributed by atoms with van der Waals surface area (Å²) in [5, 5.41) is 12.0. The second-order valence-electron chi connectivity index (χ2n) is 8.45. The van der Waals surface area contributed by atoms with Gasteiger partial charge in [-0.25, -0.2) is 8.42 Å². The van der Waals surface area contributed by atoms with E-state index in [1.807, 2.05) is 26.0 Å². The SMILES string of the molecule is C/C=C\c1c(C)ccc(O)c1-c1cc(NS(=O)(=O)c2cc([N+](C)=O)ccc2N)c2ccccc2c1N. The first kappa shape index (κ1) is 24.7. The summed E-state index contributed by atoms with van der Waals surface area (Å²) in [6, 6.07) is 16.2. The van der Waals surface area contributed by atoms with Gasteiger partial charge in [0, 0.05) is 49.4 Å². The van der Waals surface area contributed by atoms with Crippen molar-refractivity contribution in [2.45, 2.75) is 18.7 Å². The molecule has 4 aromatic rings. The van der Waals surface area contributed by atoms with Gasteiger partial charge in [0.05, 0.1) is 11.4 Å². The molecule has 0 aliphatic rings. The third kappa shape index (κ3) is 4.36. The molecule has 8 nitrogen and oxygen atoms in total. The van der Waals surface area contributed by atoms with Gasteiger partial charge < -0.3 is 16.6 Å². The van der Waals surface area contributed by atoms with E-state index in [1.165, 1.54) is 25.2 Å². The Hall–Kier alpha value is -4.37. The number of phenolic OH excluding ortho intramolecular Hbond substituents is 1. The van der Waals surface area contributed by atoms with Gasteiger partial charge in [-0.15, -0.1) is 0 Å². The fourth-order valence-corrected chi connectivity index (χ4v) is 5.44. The highest BCUT2D eigenvalue weighted by atomic mass is 32.2. The van der Waals surface area contributed by atoms with E-state index in [2.05, 4.69) is 4.72 Å². The van der Waals surface area contributed by atoms with E-state index in [9.17, 15) is 18.4 Å². The summed E-state index contributed by atoms with van der Waals surface area (Å²) in [5.74, 6) is 0.0138. The number of aromatic hydroxyl groups is 1. The summed E-state index contributed by atoms with van der Waals surface area (Å²) in [5.41, 5.74) is 16.0. The fraction of sp³-hybridized carbons (Fsp3) is 0.111. The standard InChI is InChI=1S/C27H26N4O4S/c1-4-7-18-16(2)10-13-24(32)26(18)21-15-23(19-8-5-6-9-20(19)27(21)29)30-36(34,35)25-14-17(31(3)33)11-12-22(25)28/h4-15,30H,29H2,1-3H3,(H2-,28,32,33)/p+1/b7-4-. The monoisotopic (exact) mass is 503 g/mol. The van der Waals surface area contributed by atoms with Gasteiger partial charge in [-0.3, -0.25) is 4.72 Å². The fourth-order valence-electron chi connectivity index (χ4n) is 4.22. The van der Waals surface area contributed by atoms with Crippen LogP contribution in [0.2, 0.25) is 0 Å². The predicted molar refractivity (Wildman–Crippen MR) is 146 cm³/mol. The Kier molecular flexibility index (Phi) is 6.43. The highest BCUT2D eigenvalue weighted by Crippen LogP contribution is 2.44. The minimum absolute atomic E-state index is 0.000211. The number of nitrogens with two attached hydrogens (primary N) is 2. The van der Waals surface area contributed by atoms with E-state index in [4.69, 9.17) is 11.5 Å². The average Bonchev–Trinajstić information content (AvgIpc) is 2.84. The number of nitrogen functional groups attached to an aromatic ring is 2. The number of sulfonamides is 1. The van der Waals surface area contributed by atoms with Crippen LogP contribution in [-0.2, 0) is 10.0 Å². The number of nitrogens with zero attached hydrogens (tertiary/aromatic N) is 1.